The summed E-state index contributed by atoms with van der Waals surface area (Å²) in [7, 11) is 5.77. The highest BCUT2D eigenvalue weighted by molar-refractivity contribution is 5.76. The van der Waals surface area contributed by atoms with Gasteiger partial charge in [-0.3, -0.25) is 4.79 Å². The van der Waals surface area contributed by atoms with Crippen molar-refractivity contribution < 1.29 is 14.1 Å². The molecule has 7 heteroatoms. The van der Waals surface area contributed by atoms with Crippen LogP contribution >= 0.6 is 0 Å². The molecule has 7 nitrogen and oxygen atoms in total. The molecule has 0 N–H and O–H groups in total. The number of ether oxygens (including phenoxy) is 1. The van der Waals surface area contributed by atoms with Crippen LogP contribution in [0.4, 0.5) is 0 Å². The molecule has 1 fully saturated rings. The summed E-state index contributed by atoms with van der Waals surface area (Å²) < 4.78 is 10.7. The smallest absolute Gasteiger partial charge is 0.227 e. The van der Waals surface area contributed by atoms with E-state index in [0.29, 0.717) is 36.2 Å². The molecule has 1 atom stereocenters. The fourth-order valence-corrected chi connectivity index (χ4v) is 3.62. The van der Waals surface area contributed by atoms with Gasteiger partial charge in [-0.2, -0.15) is 4.98 Å². The van der Waals surface area contributed by atoms with Crippen LogP contribution in [0, 0.1) is 5.92 Å². The molecule has 3 rings (SSSR count). The third-order valence-electron chi connectivity index (χ3n) is 4.86. The van der Waals surface area contributed by atoms with Gasteiger partial charge in [0, 0.05) is 32.5 Å². The predicted octanol–water partition coefficient (Wildman–Crippen LogP) is 2.48. The molecule has 0 aliphatic carbocycles. The summed E-state index contributed by atoms with van der Waals surface area (Å²) in [5.74, 6) is 2.37. The number of aromatic nitrogens is 2. The summed E-state index contributed by atoms with van der Waals surface area (Å²) >= 11 is 0. The number of benzene rings is 1. The number of carbonyl (C=O) groups excluding carboxylic acids is 1. The van der Waals surface area contributed by atoms with Crippen LogP contribution in [0.5, 0.6) is 5.75 Å². The topological polar surface area (TPSA) is 71.7 Å². The number of nitrogens with zero attached hydrogens (tertiary/aromatic N) is 4. The molecule has 1 saturated heterocycles. The van der Waals surface area contributed by atoms with E-state index in [1.807, 2.05) is 29.2 Å². The van der Waals surface area contributed by atoms with Crippen molar-refractivity contribution in [2.45, 2.75) is 25.7 Å². The Kier molecular flexibility index (Phi) is 6.45. The maximum atomic E-state index is 12.6. The maximum absolute atomic E-state index is 12.6. The Hall–Kier alpha value is -2.41. The van der Waals surface area contributed by atoms with Crippen molar-refractivity contribution in [3.8, 4) is 17.1 Å². The van der Waals surface area contributed by atoms with Gasteiger partial charge in [0.25, 0.3) is 0 Å². The summed E-state index contributed by atoms with van der Waals surface area (Å²) in [4.78, 5) is 21.2. The standard InChI is InChI=1S/C20H28N4O3/c1-23(2)13-15-7-6-12-24(14-15)19(25)11-10-18-21-20(22-27-18)16-8-4-5-9-17(16)26-3/h4-5,8-9,15H,6-7,10-14H2,1-3H3/t15-/m1/s1. The molecule has 2 aromatic rings. The second-order valence-corrected chi connectivity index (χ2v) is 7.32. The Morgan fingerprint density at radius 2 is 2.19 bits per heavy atom. The van der Waals surface area contributed by atoms with Gasteiger partial charge in [-0.25, -0.2) is 0 Å². The zero-order valence-corrected chi connectivity index (χ0v) is 16.4. The highest BCUT2D eigenvalue weighted by atomic mass is 16.5. The van der Waals surface area contributed by atoms with Crippen molar-refractivity contribution in [2.75, 3.05) is 40.8 Å². The molecule has 27 heavy (non-hydrogen) atoms. The van der Waals surface area contributed by atoms with Crippen LogP contribution in [0.25, 0.3) is 11.4 Å². The number of piperidine rings is 1. The van der Waals surface area contributed by atoms with Crippen LogP contribution in [0.15, 0.2) is 28.8 Å². The van der Waals surface area contributed by atoms with Crippen LogP contribution in [-0.4, -0.2) is 66.7 Å². The number of aryl methyl sites for hydroxylation is 1. The SMILES string of the molecule is COc1ccccc1-c1noc(CCC(=O)N2CCC[C@H](CN(C)C)C2)n1. The van der Waals surface area contributed by atoms with Gasteiger partial charge in [0.15, 0.2) is 0 Å². The van der Waals surface area contributed by atoms with Crippen LogP contribution < -0.4 is 4.74 Å². The number of methoxy groups -OCH3 is 1. The normalized spacial score (nSPS) is 17.3. The van der Waals surface area contributed by atoms with Gasteiger partial charge in [0.1, 0.15) is 5.75 Å². The van der Waals surface area contributed by atoms with E-state index in [2.05, 4.69) is 29.1 Å². The van der Waals surface area contributed by atoms with Gasteiger partial charge in [-0.05, 0) is 45.0 Å². The summed E-state index contributed by atoms with van der Waals surface area (Å²) in [5, 5.41) is 4.03. The first-order valence-electron chi connectivity index (χ1n) is 9.45. The largest absolute Gasteiger partial charge is 0.496 e. The second-order valence-electron chi connectivity index (χ2n) is 7.32. The van der Waals surface area contributed by atoms with E-state index in [1.165, 1.54) is 6.42 Å². The van der Waals surface area contributed by atoms with Crippen molar-refractivity contribution in [3.05, 3.63) is 30.2 Å². The van der Waals surface area contributed by atoms with E-state index in [9.17, 15) is 4.79 Å². The van der Waals surface area contributed by atoms with Gasteiger partial charge >= 0.3 is 0 Å². The van der Waals surface area contributed by atoms with Gasteiger partial charge in [-0.1, -0.05) is 17.3 Å². The number of likely N-dealkylation sites (tertiary alicyclic amines) is 1. The lowest BCUT2D eigenvalue weighted by atomic mass is 9.97. The number of carbonyl (C=O) groups is 1. The lowest BCUT2D eigenvalue weighted by Gasteiger charge is -2.34. The third-order valence-corrected chi connectivity index (χ3v) is 4.86. The second kappa shape index (κ2) is 8.99. The molecule has 2 heterocycles. The first-order valence-corrected chi connectivity index (χ1v) is 9.45. The zero-order valence-electron chi connectivity index (χ0n) is 16.4. The molecule has 0 spiro atoms. The number of hydrogen-bond donors (Lipinski definition) is 0. The lowest BCUT2D eigenvalue weighted by molar-refractivity contribution is -0.133. The molecular formula is C20H28N4O3. The highest BCUT2D eigenvalue weighted by Gasteiger charge is 2.24. The van der Waals surface area contributed by atoms with Crippen LogP contribution in [0.3, 0.4) is 0 Å². The van der Waals surface area contributed by atoms with Gasteiger partial charge in [-0.15, -0.1) is 0 Å². The van der Waals surface area contributed by atoms with E-state index < -0.39 is 0 Å². The molecule has 0 bridgehead atoms. The predicted molar refractivity (Wildman–Crippen MR) is 102 cm³/mol. The van der Waals surface area contributed by atoms with Gasteiger partial charge < -0.3 is 19.1 Å². The van der Waals surface area contributed by atoms with Gasteiger partial charge in [0.2, 0.25) is 17.6 Å². The Morgan fingerprint density at radius 1 is 1.37 bits per heavy atom. The molecule has 0 radical (unpaired) electrons. The van der Waals surface area contributed by atoms with Crippen molar-refractivity contribution in [3.63, 3.8) is 0 Å². The van der Waals surface area contributed by atoms with E-state index in [-0.39, 0.29) is 5.91 Å². The van der Waals surface area contributed by atoms with Crippen molar-refractivity contribution in [1.29, 1.82) is 0 Å². The van der Waals surface area contributed by atoms with E-state index in [0.717, 1.165) is 31.6 Å². The maximum Gasteiger partial charge on any atom is 0.227 e. The Labute approximate surface area is 160 Å². The molecule has 1 aromatic heterocycles. The molecule has 146 valence electrons. The first kappa shape index (κ1) is 19.4. The summed E-state index contributed by atoms with van der Waals surface area (Å²) in [6.07, 6.45) is 3.11. The van der Waals surface area contributed by atoms with E-state index >= 15 is 0 Å². The van der Waals surface area contributed by atoms with Crippen molar-refractivity contribution in [2.24, 2.45) is 5.92 Å². The minimum Gasteiger partial charge on any atom is -0.496 e. The fourth-order valence-electron chi connectivity index (χ4n) is 3.62. The molecule has 1 aliphatic rings. The van der Waals surface area contributed by atoms with Crippen molar-refractivity contribution >= 4 is 5.91 Å². The first-order chi connectivity index (χ1) is 13.1. The average Bonchev–Trinajstić information content (AvgIpc) is 3.14. The van der Waals surface area contributed by atoms with Crippen LogP contribution in [0.1, 0.15) is 25.2 Å². The van der Waals surface area contributed by atoms with Gasteiger partial charge in [0.05, 0.1) is 12.7 Å². The molecule has 0 unspecified atom stereocenters. The zero-order chi connectivity index (χ0) is 19.2. The minimum atomic E-state index is 0.162. The molecule has 1 amide bonds. The average molecular weight is 372 g/mol. The number of para-hydroxylation sites is 1. The molecular weight excluding hydrogens is 344 g/mol. The Morgan fingerprint density at radius 3 is 2.96 bits per heavy atom. The fraction of sp³-hybridized carbons (Fsp3) is 0.550. The van der Waals surface area contributed by atoms with E-state index in [4.69, 9.17) is 9.26 Å². The van der Waals surface area contributed by atoms with Crippen LogP contribution in [0.2, 0.25) is 0 Å². The Balaban J connectivity index is 1.56. The summed E-state index contributed by atoms with van der Waals surface area (Å²) in [5.41, 5.74) is 0.781. The molecule has 1 aromatic carbocycles. The minimum absolute atomic E-state index is 0.162. The molecule has 0 saturated carbocycles. The lowest BCUT2D eigenvalue weighted by Crippen LogP contribution is -2.42. The summed E-state index contributed by atoms with van der Waals surface area (Å²) in [6.45, 7) is 2.71. The Bertz CT molecular complexity index is 759. The number of hydrogen-bond acceptors (Lipinski definition) is 6. The van der Waals surface area contributed by atoms with Crippen LogP contribution in [-0.2, 0) is 11.2 Å². The number of rotatable bonds is 7. The highest BCUT2D eigenvalue weighted by Crippen LogP contribution is 2.27. The van der Waals surface area contributed by atoms with Crippen molar-refractivity contribution in [1.82, 2.24) is 19.9 Å². The summed E-state index contributed by atoms with van der Waals surface area (Å²) in [6, 6.07) is 7.54. The number of amides is 1. The monoisotopic (exact) mass is 372 g/mol. The quantitative estimate of drug-likeness (QED) is 0.744. The van der Waals surface area contributed by atoms with E-state index in [1.54, 1.807) is 7.11 Å². The third kappa shape index (κ3) is 5.07. The molecule has 1 aliphatic heterocycles.